The van der Waals surface area contributed by atoms with E-state index < -0.39 is 0 Å². The van der Waals surface area contributed by atoms with Crippen molar-refractivity contribution >= 4 is 55.6 Å². The van der Waals surface area contributed by atoms with Crippen LogP contribution in [-0.2, 0) is 10.8 Å². The summed E-state index contributed by atoms with van der Waals surface area (Å²) < 4.78 is 4.85. The van der Waals surface area contributed by atoms with Crippen molar-refractivity contribution in [1.29, 1.82) is 0 Å². The van der Waals surface area contributed by atoms with E-state index in [-0.39, 0.29) is 10.8 Å². The predicted octanol–water partition coefficient (Wildman–Crippen LogP) is 11.4. The SMILES string of the molecule is Cc1ccc(Sn2c3ccccc3c3cc(-n4c5ccc(C(C)(C)C)cc5c5cc(C(C)(C)C)ccc54)ccc32)cc1. The zero-order valence-corrected chi connectivity index (χ0v) is 26.4. The molecule has 0 bridgehead atoms. The lowest BCUT2D eigenvalue weighted by molar-refractivity contribution is 0.590. The lowest BCUT2D eigenvalue weighted by Crippen LogP contribution is -2.10. The first-order valence-electron chi connectivity index (χ1n) is 14.9. The molecule has 0 N–H and O–H groups in total. The summed E-state index contributed by atoms with van der Waals surface area (Å²) in [7, 11) is 0. The molecule has 7 rings (SSSR count). The predicted molar refractivity (Wildman–Crippen MR) is 184 cm³/mol. The van der Waals surface area contributed by atoms with Gasteiger partial charge < -0.3 is 4.57 Å². The third-order valence-electron chi connectivity index (χ3n) is 8.58. The van der Waals surface area contributed by atoms with Gasteiger partial charge in [-0.3, -0.25) is 3.97 Å². The summed E-state index contributed by atoms with van der Waals surface area (Å²) in [6.07, 6.45) is 0. The number of benzene rings is 5. The average molecular weight is 567 g/mol. The van der Waals surface area contributed by atoms with Crippen molar-refractivity contribution in [2.75, 3.05) is 0 Å². The molecule has 0 saturated carbocycles. The number of nitrogens with zero attached hydrogens (tertiary/aromatic N) is 2. The van der Waals surface area contributed by atoms with E-state index in [1.54, 1.807) is 11.9 Å². The van der Waals surface area contributed by atoms with Crippen LogP contribution in [0.1, 0.15) is 58.2 Å². The third-order valence-corrected chi connectivity index (χ3v) is 9.64. The van der Waals surface area contributed by atoms with E-state index >= 15 is 0 Å². The molecule has 2 aromatic heterocycles. The van der Waals surface area contributed by atoms with Crippen molar-refractivity contribution in [3.63, 3.8) is 0 Å². The Kier molecular flexibility index (Phi) is 6.11. The normalized spacial score (nSPS) is 12.7. The van der Waals surface area contributed by atoms with E-state index in [0.717, 1.165) is 0 Å². The standard InChI is InChI=1S/C39H38N2S/c1-25-12-17-29(18-13-25)42-41-36-11-9-8-10-30(36)33-24-28(16-21-37(33)41)40-34-19-14-26(38(2,3)4)22-31(34)32-23-27(39(5,6)7)15-20-35(32)40/h8-24H,1-7H3. The van der Waals surface area contributed by atoms with Crippen LogP contribution in [0, 0.1) is 6.92 Å². The van der Waals surface area contributed by atoms with Gasteiger partial charge in [0, 0.05) is 32.1 Å². The van der Waals surface area contributed by atoms with Gasteiger partial charge in [0.15, 0.2) is 0 Å². The molecule has 7 aromatic rings. The lowest BCUT2D eigenvalue weighted by Gasteiger charge is -2.19. The van der Waals surface area contributed by atoms with E-state index in [2.05, 4.69) is 160 Å². The summed E-state index contributed by atoms with van der Waals surface area (Å²) in [5, 5.41) is 5.19. The van der Waals surface area contributed by atoms with Crippen LogP contribution in [0.15, 0.2) is 108 Å². The highest BCUT2D eigenvalue weighted by molar-refractivity contribution is 7.98. The number of rotatable bonds is 3. The van der Waals surface area contributed by atoms with Crippen LogP contribution in [0.2, 0.25) is 0 Å². The minimum absolute atomic E-state index is 0.0834. The van der Waals surface area contributed by atoms with Gasteiger partial charge in [0.25, 0.3) is 0 Å². The molecular weight excluding hydrogens is 529 g/mol. The van der Waals surface area contributed by atoms with Crippen LogP contribution in [0.3, 0.4) is 0 Å². The van der Waals surface area contributed by atoms with Gasteiger partial charge in [0.05, 0.1) is 22.1 Å². The second-order valence-electron chi connectivity index (χ2n) is 13.7. The fraction of sp³-hybridized carbons (Fsp3) is 0.231. The first kappa shape index (κ1) is 26.9. The molecule has 0 fully saturated rings. The van der Waals surface area contributed by atoms with Gasteiger partial charge in [-0.05, 0) is 101 Å². The molecule has 3 heteroatoms. The number of aryl methyl sites for hydroxylation is 1. The Morgan fingerprint density at radius 1 is 0.500 bits per heavy atom. The van der Waals surface area contributed by atoms with E-state index in [0.29, 0.717) is 0 Å². The zero-order valence-electron chi connectivity index (χ0n) is 25.6. The number of para-hydroxylation sites is 1. The van der Waals surface area contributed by atoms with Crippen molar-refractivity contribution in [1.82, 2.24) is 8.54 Å². The molecule has 5 aromatic carbocycles. The molecule has 0 aliphatic heterocycles. The van der Waals surface area contributed by atoms with Gasteiger partial charge in [-0.15, -0.1) is 0 Å². The van der Waals surface area contributed by atoms with Crippen molar-refractivity contribution in [3.05, 3.63) is 120 Å². The summed E-state index contributed by atoms with van der Waals surface area (Å²) in [4.78, 5) is 1.24. The van der Waals surface area contributed by atoms with Gasteiger partial charge in [-0.1, -0.05) is 89.6 Å². The van der Waals surface area contributed by atoms with E-state index in [1.165, 1.54) is 70.9 Å². The van der Waals surface area contributed by atoms with E-state index in [1.807, 2.05) is 0 Å². The van der Waals surface area contributed by atoms with Gasteiger partial charge in [0.2, 0.25) is 0 Å². The van der Waals surface area contributed by atoms with Crippen molar-refractivity contribution in [2.45, 2.75) is 64.2 Å². The topological polar surface area (TPSA) is 9.86 Å². The fourth-order valence-electron chi connectivity index (χ4n) is 6.10. The summed E-state index contributed by atoms with van der Waals surface area (Å²) >= 11 is 1.79. The minimum Gasteiger partial charge on any atom is -0.309 e. The largest absolute Gasteiger partial charge is 0.309 e. The Morgan fingerprint density at radius 3 is 1.62 bits per heavy atom. The monoisotopic (exact) mass is 566 g/mol. The highest BCUT2D eigenvalue weighted by Gasteiger charge is 2.21. The fourth-order valence-corrected chi connectivity index (χ4v) is 7.09. The Balaban J connectivity index is 1.48. The molecular formula is C39H38N2S. The second kappa shape index (κ2) is 9.54. The molecule has 0 unspecified atom stereocenters. The maximum Gasteiger partial charge on any atom is 0.0609 e. The van der Waals surface area contributed by atoms with Gasteiger partial charge in [-0.2, -0.15) is 0 Å². The van der Waals surface area contributed by atoms with Crippen LogP contribution < -0.4 is 0 Å². The maximum atomic E-state index is 2.46. The lowest BCUT2D eigenvalue weighted by atomic mass is 9.85. The molecule has 42 heavy (non-hydrogen) atoms. The number of aromatic nitrogens is 2. The van der Waals surface area contributed by atoms with Gasteiger partial charge in [-0.25, -0.2) is 0 Å². The Bertz CT molecular complexity index is 2060. The zero-order chi connectivity index (χ0) is 29.4. The highest BCUT2D eigenvalue weighted by Crippen LogP contribution is 2.40. The molecule has 2 heterocycles. The van der Waals surface area contributed by atoms with Crippen LogP contribution in [-0.4, -0.2) is 8.54 Å². The van der Waals surface area contributed by atoms with Gasteiger partial charge >= 0.3 is 0 Å². The summed E-state index contributed by atoms with van der Waals surface area (Å²) in [5.74, 6) is 0. The number of fused-ring (bicyclic) bond motifs is 6. The third kappa shape index (κ3) is 4.42. The van der Waals surface area contributed by atoms with E-state index in [4.69, 9.17) is 0 Å². The smallest absolute Gasteiger partial charge is 0.0609 e. The molecule has 2 nitrogen and oxygen atoms in total. The van der Waals surface area contributed by atoms with Crippen LogP contribution >= 0.6 is 11.9 Å². The first-order valence-corrected chi connectivity index (χ1v) is 15.6. The molecule has 0 amide bonds. The summed E-state index contributed by atoms with van der Waals surface area (Å²) in [6, 6.07) is 38.7. The highest BCUT2D eigenvalue weighted by atomic mass is 32.2. The molecule has 210 valence electrons. The van der Waals surface area contributed by atoms with E-state index in [9.17, 15) is 0 Å². The molecule has 0 aliphatic rings. The van der Waals surface area contributed by atoms with Crippen LogP contribution in [0.4, 0.5) is 0 Å². The maximum absolute atomic E-state index is 2.46. The minimum atomic E-state index is 0.0834. The summed E-state index contributed by atoms with van der Waals surface area (Å²) in [5.41, 5.74) is 10.3. The van der Waals surface area contributed by atoms with Crippen molar-refractivity contribution in [2.24, 2.45) is 0 Å². The van der Waals surface area contributed by atoms with Crippen LogP contribution in [0.25, 0.3) is 49.3 Å². The molecule has 0 atom stereocenters. The average Bonchev–Trinajstić information content (AvgIpc) is 3.45. The Morgan fingerprint density at radius 2 is 1.02 bits per heavy atom. The van der Waals surface area contributed by atoms with Crippen molar-refractivity contribution < 1.29 is 0 Å². The molecule has 0 spiro atoms. The Hall–Kier alpha value is -3.95. The second-order valence-corrected chi connectivity index (χ2v) is 14.7. The molecule has 0 aliphatic carbocycles. The molecule has 0 radical (unpaired) electrons. The van der Waals surface area contributed by atoms with Gasteiger partial charge in [0.1, 0.15) is 0 Å². The van der Waals surface area contributed by atoms with Crippen molar-refractivity contribution in [3.8, 4) is 5.69 Å². The Labute approximate surface area is 253 Å². The molecule has 0 saturated heterocycles. The quantitative estimate of drug-likeness (QED) is 0.207. The number of hydrogen-bond acceptors (Lipinski definition) is 1. The summed E-state index contributed by atoms with van der Waals surface area (Å²) in [6.45, 7) is 15.9. The number of hydrogen-bond donors (Lipinski definition) is 0. The first-order chi connectivity index (χ1) is 20.0. The van der Waals surface area contributed by atoms with Crippen LogP contribution in [0.5, 0.6) is 0 Å².